The molecule has 1 aromatic carbocycles. The smallest absolute Gasteiger partial charge is 0.312 e. The van der Waals surface area contributed by atoms with E-state index in [-0.39, 0.29) is 23.1 Å². The first-order valence-electron chi connectivity index (χ1n) is 6.59. The Morgan fingerprint density at radius 3 is 2.83 bits per heavy atom. The summed E-state index contributed by atoms with van der Waals surface area (Å²) in [6, 6.07) is 4.61. The second-order valence-electron chi connectivity index (χ2n) is 4.45. The van der Waals surface area contributed by atoms with Crippen molar-refractivity contribution in [2.45, 2.75) is 25.2 Å². The molecule has 2 rings (SSSR count). The summed E-state index contributed by atoms with van der Waals surface area (Å²) < 4.78 is 31.9. The van der Waals surface area contributed by atoms with Gasteiger partial charge in [0.05, 0.1) is 17.9 Å². The predicted octanol–water partition coefficient (Wildman–Crippen LogP) is 2.41. The molecule has 0 atom stereocenters. The van der Waals surface area contributed by atoms with Gasteiger partial charge in [0.15, 0.2) is 0 Å². The van der Waals surface area contributed by atoms with E-state index in [1.165, 1.54) is 6.07 Å². The van der Waals surface area contributed by atoms with Gasteiger partial charge in [0, 0.05) is 5.02 Å². The van der Waals surface area contributed by atoms with Crippen LogP contribution in [0.3, 0.4) is 0 Å². The summed E-state index contributed by atoms with van der Waals surface area (Å²) >= 11 is 6.92. The number of ether oxygens (including phenoxy) is 1. The van der Waals surface area contributed by atoms with Crippen molar-refractivity contribution < 1.29 is 17.9 Å². The summed E-state index contributed by atoms with van der Waals surface area (Å²) in [6.07, 6.45) is -0.0522. The second kappa shape index (κ2) is 7.24. The molecule has 10 heteroatoms. The van der Waals surface area contributed by atoms with Crippen molar-refractivity contribution in [2.75, 3.05) is 11.3 Å². The summed E-state index contributed by atoms with van der Waals surface area (Å²) in [7, 11) is -3.83. The largest absolute Gasteiger partial charge is 0.466 e. The van der Waals surface area contributed by atoms with Crippen LogP contribution in [-0.4, -0.2) is 31.2 Å². The predicted molar refractivity (Wildman–Crippen MR) is 87.2 cm³/mol. The number of carbonyl (C=O) groups is 1. The highest BCUT2D eigenvalue weighted by Gasteiger charge is 2.20. The van der Waals surface area contributed by atoms with Crippen LogP contribution < -0.4 is 4.72 Å². The highest BCUT2D eigenvalue weighted by molar-refractivity contribution is 7.93. The van der Waals surface area contributed by atoms with Gasteiger partial charge in [-0.2, -0.15) is 0 Å². The molecule has 7 nitrogen and oxygen atoms in total. The number of hydrogen-bond donors (Lipinski definition) is 1. The van der Waals surface area contributed by atoms with E-state index < -0.39 is 16.0 Å². The van der Waals surface area contributed by atoms with Gasteiger partial charge in [0.2, 0.25) is 5.13 Å². The van der Waals surface area contributed by atoms with Gasteiger partial charge >= 0.3 is 5.97 Å². The van der Waals surface area contributed by atoms with Crippen LogP contribution in [-0.2, 0) is 26.0 Å². The van der Waals surface area contributed by atoms with Crippen LogP contribution in [0.25, 0.3) is 0 Å². The van der Waals surface area contributed by atoms with Crippen molar-refractivity contribution >= 4 is 44.1 Å². The molecule has 0 aliphatic rings. The van der Waals surface area contributed by atoms with Crippen molar-refractivity contribution in [2.24, 2.45) is 0 Å². The third-order valence-corrected chi connectivity index (χ3v) is 5.66. The Labute approximate surface area is 142 Å². The van der Waals surface area contributed by atoms with Crippen molar-refractivity contribution in [3.63, 3.8) is 0 Å². The number of nitrogens with one attached hydrogen (secondary N) is 1. The summed E-state index contributed by atoms with van der Waals surface area (Å²) in [5.74, 6) is -0.441. The lowest BCUT2D eigenvalue weighted by atomic mass is 10.2. The second-order valence-corrected chi connectivity index (χ2v) is 7.57. The average molecular weight is 376 g/mol. The molecule has 0 unspecified atom stereocenters. The minimum atomic E-state index is -3.83. The van der Waals surface area contributed by atoms with Crippen LogP contribution in [0, 0.1) is 6.92 Å². The number of benzene rings is 1. The molecule has 0 saturated carbocycles. The van der Waals surface area contributed by atoms with Gasteiger partial charge in [0.25, 0.3) is 10.0 Å². The number of esters is 1. The Bertz CT molecular complexity index is 820. The zero-order valence-corrected chi connectivity index (χ0v) is 14.8. The summed E-state index contributed by atoms with van der Waals surface area (Å²) in [4.78, 5) is 11.4. The van der Waals surface area contributed by atoms with E-state index in [0.29, 0.717) is 15.6 Å². The Kier molecular flexibility index (Phi) is 5.55. The van der Waals surface area contributed by atoms with Gasteiger partial charge in [-0.15, -0.1) is 10.2 Å². The Balaban J connectivity index is 2.17. The number of carbonyl (C=O) groups excluding carboxylic acids is 1. The Morgan fingerprint density at radius 2 is 2.13 bits per heavy atom. The fourth-order valence-corrected chi connectivity index (χ4v) is 4.20. The third-order valence-electron chi connectivity index (χ3n) is 2.80. The molecule has 0 spiro atoms. The lowest BCUT2D eigenvalue weighted by Gasteiger charge is -2.08. The van der Waals surface area contributed by atoms with Gasteiger partial charge in [-0.3, -0.25) is 9.52 Å². The van der Waals surface area contributed by atoms with E-state index >= 15 is 0 Å². The zero-order valence-electron chi connectivity index (χ0n) is 12.4. The first kappa shape index (κ1) is 17.6. The van der Waals surface area contributed by atoms with Crippen LogP contribution in [0.15, 0.2) is 23.1 Å². The van der Waals surface area contributed by atoms with Gasteiger partial charge in [-0.25, -0.2) is 8.42 Å². The van der Waals surface area contributed by atoms with Gasteiger partial charge in [-0.05, 0) is 31.5 Å². The van der Waals surface area contributed by atoms with Crippen molar-refractivity contribution in [1.29, 1.82) is 0 Å². The first-order chi connectivity index (χ1) is 10.8. The molecule has 2 aromatic rings. The maximum Gasteiger partial charge on any atom is 0.312 e. The zero-order chi connectivity index (χ0) is 17.0. The van der Waals surface area contributed by atoms with E-state index in [4.69, 9.17) is 16.3 Å². The fraction of sp³-hybridized carbons (Fsp3) is 0.308. The Morgan fingerprint density at radius 1 is 1.39 bits per heavy atom. The van der Waals surface area contributed by atoms with E-state index in [0.717, 1.165) is 11.3 Å². The van der Waals surface area contributed by atoms with Gasteiger partial charge in [0.1, 0.15) is 5.01 Å². The molecular weight excluding hydrogens is 362 g/mol. The number of nitrogens with zero attached hydrogens (tertiary/aromatic N) is 2. The average Bonchev–Trinajstić information content (AvgIpc) is 2.88. The van der Waals surface area contributed by atoms with Crippen molar-refractivity contribution in [3.8, 4) is 0 Å². The maximum absolute atomic E-state index is 12.4. The first-order valence-corrected chi connectivity index (χ1v) is 9.27. The normalized spacial score (nSPS) is 11.3. The van der Waals surface area contributed by atoms with Crippen molar-refractivity contribution in [1.82, 2.24) is 10.2 Å². The van der Waals surface area contributed by atoms with Crippen LogP contribution >= 0.6 is 22.9 Å². The number of anilines is 1. The molecule has 0 saturated heterocycles. The molecule has 0 aliphatic heterocycles. The number of sulfonamides is 1. The van der Waals surface area contributed by atoms with Crippen LogP contribution in [0.5, 0.6) is 0 Å². The molecule has 0 fully saturated rings. The van der Waals surface area contributed by atoms with E-state index in [1.807, 2.05) is 0 Å². The van der Waals surface area contributed by atoms with E-state index in [1.54, 1.807) is 26.0 Å². The minimum Gasteiger partial charge on any atom is -0.466 e. The van der Waals surface area contributed by atoms with Crippen molar-refractivity contribution in [3.05, 3.63) is 33.8 Å². The highest BCUT2D eigenvalue weighted by Crippen LogP contribution is 2.26. The minimum absolute atomic E-state index is 0.0522. The maximum atomic E-state index is 12.4. The number of rotatable bonds is 6. The number of hydrogen-bond acceptors (Lipinski definition) is 7. The molecule has 0 aliphatic carbocycles. The highest BCUT2D eigenvalue weighted by atomic mass is 35.5. The summed E-state index contributed by atoms with van der Waals surface area (Å²) in [6.45, 7) is 3.58. The molecule has 1 N–H and O–H groups in total. The number of halogens is 1. The van der Waals surface area contributed by atoms with E-state index in [9.17, 15) is 13.2 Å². The van der Waals surface area contributed by atoms with Crippen LogP contribution in [0.1, 0.15) is 17.5 Å². The molecule has 0 bridgehead atoms. The lowest BCUT2D eigenvalue weighted by molar-refractivity contribution is -0.142. The topological polar surface area (TPSA) is 98.2 Å². The quantitative estimate of drug-likeness (QED) is 0.778. The molecule has 0 radical (unpaired) electrons. The number of aromatic nitrogens is 2. The SMILES string of the molecule is CCOC(=O)Cc1nnc(NS(=O)(=O)c2cccc(Cl)c2C)s1. The monoisotopic (exact) mass is 375 g/mol. The third kappa shape index (κ3) is 4.40. The summed E-state index contributed by atoms with van der Waals surface area (Å²) in [5.41, 5.74) is 0.443. The lowest BCUT2D eigenvalue weighted by Crippen LogP contribution is -2.14. The van der Waals surface area contributed by atoms with Gasteiger partial charge in [-0.1, -0.05) is 29.0 Å². The molecule has 1 heterocycles. The standard InChI is InChI=1S/C13H14ClN3O4S2/c1-3-21-12(18)7-11-15-16-13(22-11)17-23(19,20)10-6-4-5-9(14)8(10)2/h4-6H,3,7H2,1-2H3,(H,16,17). The van der Waals surface area contributed by atoms with Crippen LogP contribution in [0.2, 0.25) is 5.02 Å². The fourth-order valence-electron chi connectivity index (χ4n) is 1.75. The molecule has 124 valence electrons. The molecule has 0 amide bonds. The van der Waals surface area contributed by atoms with Crippen LogP contribution in [0.4, 0.5) is 5.13 Å². The summed E-state index contributed by atoms with van der Waals surface area (Å²) in [5, 5.41) is 8.29. The van der Waals surface area contributed by atoms with Gasteiger partial charge < -0.3 is 4.74 Å². The molecule has 23 heavy (non-hydrogen) atoms. The Hall–Kier alpha value is -1.71. The molecule has 1 aromatic heterocycles. The van der Waals surface area contributed by atoms with E-state index in [2.05, 4.69) is 14.9 Å². The molecular formula is C13H14ClN3O4S2.